The van der Waals surface area contributed by atoms with E-state index >= 15 is 9.59 Å². The summed E-state index contributed by atoms with van der Waals surface area (Å²) in [6, 6.07) is 0. The summed E-state index contributed by atoms with van der Waals surface area (Å²) in [5.74, 6) is -0.461. The van der Waals surface area contributed by atoms with Crippen LogP contribution in [0.1, 0.15) is 232 Å². The summed E-state index contributed by atoms with van der Waals surface area (Å²) >= 11 is 0. The number of anilines is 1. The number of amides is 2. The molecule has 0 bridgehead atoms. The fraction of sp³-hybridized carbons (Fsp3) is 0.780. The first-order chi connectivity index (χ1) is 31.3. The first-order valence-electron chi connectivity index (χ1n) is 26.6. The molecule has 0 radical (unpaired) electrons. The molecule has 2 amide bonds. The molecule has 2 heterocycles. The molecule has 2 fully saturated rings. The number of rotatable bonds is 12. The number of carbonyl (C=O) groups excluding carboxylic acids is 4. The van der Waals surface area contributed by atoms with Crippen LogP contribution in [-0.4, -0.2) is 46.8 Å². The van der Waals surface area contributed by atoms with E-state index in [9.17, 15) is 9.59 Å². The van der Waals surface area contributed by atoms with Gasteiger partial charge in [0.15, 0.2) is 5.91 Å². The van der Waals surface area contributed by atoms with Crippen LogP contribution in [0.5, 0.6) is 0 Å². The number of aliphatic imine (C=N–C) groups is 1. The Kier molecular flexibility index (Phi) is 19.4. The van der Waals surface area contributed by atoms with E-state index in [2.05, 4.69) is 112 Å². The smallest absolute Gasteiger partial charge is 0.458 e. The van der Waals surface area contributed by atoms with Gasteiger partial charge in [0.1, 0.15) is 23.6 Å². The molecule has 390 valence electrons. The average molecular weight is 1020 g/mol. The Bertz CT molecular complexity index is 2110. The number of ether oxygens (including phenoxy) is 2. The Labute approximate surface area is 438 Å². The van der Waals surface area contributed by atoms with Gasteiger partial charge in [0.25, 0.3) is 0 Å². The van der Waals surface area contributed by atoms with E-state index in [1.165, 1.54) is 0 Å². The SMILES string of the molecule is CCC(C)(C)C(=O)N=C1[N-]/C(=C\c2[nH]c(NC(=O)C(C)(C)CC)c(C(=O)OC3C(C(C)(C)C)CC(C)CC3C(C)(C)C)c2C(C)C)C(C(C)C)=C1C(=O)OC1C(C(C)(C)C)CC(C)CC1C(C)(C)C.[Zn+2]. The molecule has 1 aliphatic heterocycles. The van der Waals surface area contributed by atoms with Crippen molar-refractivity contribution in [2.24, 2.45) is 78.9 Å². The minimum absolute atomic E-state index is 0. The normalized spacial score (nSPS) is 26.4. The minimum atomic E-state index is -0.802. The fourth-order valence-corrected chi connectivity index (χ4v) is 11.1. The standard InChI is InChI=1S/C59H98N4O6.Zn/c1-25-58(21,22)52(66)62-48-44(50(64)68-46-36(54(9,10)11)27-34(7)28-37(46)55(12,13)14)42(32(3)4)40(60-48)31-41-43(33(5)6)45(49(61-41)63-53(67)59(23,24)26-2)51(65)69-47-38(56(15,16)17)29-35(8)30-39(47)57(18,19)20;/h31-39,46-47H,25-30H2,1-24H3,(H3,60,61,62,63,64,65,66,67);/q;+2/p-1. The number of esters is 2. The number of hydrogen-bond donors (Lipinski definition) is 2. The van der Waals surface area contributed by atoms with Crippen molar-refractivity contribution in [1.82, 2.24) is 4.98 Å². The molecular formula is C59H97N4O6Zn+. The molecule has 4 atom stereocenters. The molecule has 0 aromatic carbocycles. The summed E-state index contributed by atoms with van der Waals surface area (Å²) < 4.78 is 13.7. The van der Waals surface area contributed by atoms with Crippen molar-refractivity contribution < 1.29 is 48.1 Å². The quantitative estimate of drug-likeness (QED) is 0.158. The van der Waals surface area contributed by atoms with Gasteiger partial charge in [-0.15, -0.1) is 0 Å². The molecule has 0 saturated heterocycles. The van der Waals surface area contributed by atoms with Gasteiger partial charge in [0, 0.05) is 40.2 Å². The van der Waals surface area contributed by atoms with Crippen molar-refractivity contribution in [3.05, 3.63) is 39.0 Å². The molecule has 4 rings (SSSR count). The third-order valence-corrected chi connectivity index (χ3v) is 16.5. The zero-order valence-electron chi connectivity index (χ0n) is 48.6. The summed E-state index contributed by atoms with van der Waals surface area (Å²) in [4.78, 5) is 66.8. The number of allylic oxidation sites excluding steroid dienone is 1. The van der Waals surface area contributed by atoms with Gasteiger partial charge in [0.2, 0.25) is 5.91 Å². The summed E-state index contributed by atoms with van der Waals surface area (Å²) in [7, 11) is 0. The number of aromatic amines is 1. The van der Waals surface area contributed by atoms with Crippen molar-refractivity contribution in [2.75, 3.05) is 5.32 Å². The van der Waals surface area contributed by atoms with Gasteiger partial charge in [-0.2, -0.15) is 0 Å². The molecule has 1 aromatic heterocycles. The topological polar surface area (TPSA) is 141 Å². The van der Waals surface area contributed by atoms with E-state index in [1.54, 1.807) is 0 Å². The summed E-state index contributed by atoms with van der Waals surface area (Å²) in [5, 5.41) is 8.22. The predicted molar refractivity (Wildman–Crippen MR) is 285 cm³/mol. The zero-order chi connectivity index (χ0) is 52.9. The molecule has 2 saturated carbocycles. The molecule has 0 spiro atoms. The van der Waals surface area contributed by atoms with Crippen molar-refractivity contribution in [3.8, 4) is 0 Å². The van der Waals surface area contributed by atoms with Gasteiger partial charge in [-0.3, -0.25) is 9.59 Å². The molecule has 2 N–H and O–H groups in total. The van der Waals surface area contributed by atoms with E-state index < -0.39 is 22.8 Å². The number of H-pyrrole nitrogens is 1. The summed E-state index contributed by atoms with van der Waals surface area (Å²) in [6.07, 6.45) is 5.98. The molecule has 2 aliphatic carbocycles. The zero-order valence-corrected chi connectivity index (χ0v) is 51.6. The maximum absolute atomic E-state index is 15.3. The van der Waals surface area contributed by atoms with Crippen LogP contribution in [0.2, 0.25) is 0 Å². The largest absolute Gasteiger partial charge is 2.00 e. The van der Waals surface area contributed by atoms with Gasteiger partial charge < -0.3 is 30.1 Å². The van der Waals surface area contributed by atoms with E-state index in [4.69, 9.17) is 14.8 Å². The van der Waals surface area contributed by atoms with Crippen LogP contribution in [0.15, 0.2) is 21.8 Å². The minimum Gasteiger partial charge on any atom is -0.458 e. The predicted octanol–water partition coefficient (Wildman–Crippen LogP) is 15.5. The molecule has 11 heteroatoms. The Morgan fingerprint density at radius 3 is 1.41 bits per heavy atom. The van der Waals surface area contributed by atoms with E-state index in [0.29, 0.717) is 47.2 Å². The molecule has 1 aromatic rings. The van der Waals surface area contributed by atoms with Crippen molar-refractivity contribution in [1.29, 1.82) is 0 Å². The molecule has 3 aliphatic rings. The second-order valence-electron chi connectivity index (χ2n) is 27.9. The Balaban J connectivity index is 0.0000130. The van der Waals surface area contributed by atoms with Crippen LogP contribution in [0, 0.1) is 73.9 Å². The number of carbonyl (C=O) groups is 4. The van der Waals surface area contributed by atoms with Crippen LogP contribution < -0.4 is 5.32 Å². The maximum atomic E-state index is 15.3. The first-order valence-corrected chi connectivity index (χ1v) is 26.6. The second kappa shape index (κ2) is 22.2. The van der Waals surface area contributed by atoms with Gasteiger partial charge >= 0.3 is 31.4 Å². The molecule has 4 unspecified atom stereocenters. The van der Waals surface area contributed by atoms with Crippen molar-refractivity contribution in [2.45, 2.75) is 223 Å². The average Bonchev–Trinajstić information content (AvgIpc) is 3.74. The van der Waals surface area contributed by atoms with Gasteiger partial charge in [-0.25, -0.2) is 9.59 Å². The fourth-order valence-electron chi connectivity index (χ4n) is 11.1. The van der Waals surface area contributed by atoms with Crippen LogP contribution in [0.3, 0.4) is 0 Å². The van der Waals surface area contributed by atoms with Gasteiger partial charge in [0.05, 0.1) is 5.57 Å². The summed E-state index contributed by atoms with van der Waals surface area (Å²) in [6.45, 7) is 50.9. The third kappa shape index (κ3) is 13.8. The van der Waals surface area contributed by atoms with Crippen LogP contribution in [0.25, 0.3) is 11.4 Å². The van der Waals surface area contributed by atoms with Crippen molar-refractivity contribution in [3.63, 3.8) is 0 Å². The van der Waals surface area contributed by atoms with E-state index in [1.807, 2.05) is 75.3 Å². The number of aromatic nitrogens is 1. The third-order valence-electron chi connectivity index (χ3n) is 16.5. The van der Waals surface area contributed by atoms with Crippen molar-refractivity contribution >= 4 is 41.5 Å². The number of nitrogens with one attached hydrogen (secondary N) is 2. The Morgan fingerprint density at radius 1 is 0.657 bits per heavy atom. The summed E-state index contributed by atoms with van der Waals surface area (Å²) in [5.41, 5.74) is 0.639. The molecule has 10 nitrogen and oxygen atoms in total. The Hall–Kier alpha value is -3.07. The number of nitrogens with zero attached hydrogens (tertiary/aromatic N) is 2. The van der Waals surface area contributed by atoms with Gasteiger partial charge in [-0.05, 0) is 113 Å². The second-order valence-corrected chi connectivity index (χ2v) is 27.9. The van der Waals surface area contributed by atoms with Crippen LogP contribution >= 0.6 is 0 Å². The van der Waals surface area contributed by atoms with Crippen LogP contribution in [0.4, 0.5) is 5.82 Å². The van der Waals surface area contributed by atoms with E-state index in [0.717, 1.165) is 25.7 Å². The van der Waals surface area contributed by atoms with Crippen LogP contribution in [-0.2, 0) is 43.3 Å². The molecule has 70 heavy (non-hydrogen) atoms. The first kappa shape index (κ1) is 61.2. The monoisotopic (exact) mass is 1020 g/mol. The number of hydrogen-bond acceptors (Lipinski definition) is 6. The Morgan fingerprint density at radius 2 is 1.06 bits per heavy atom. The van der Waals surface area contributed by atoms with E-state index in [-0.39, 0.29) is 123 Å². The maximum Gasteiger partial charge on any atom is 2.00 e. The van der Waals surface area contributed by atoms with Gasteiger partial charge in [-0.1, -0.05) is 166 Å². The molecular weight excluding hydrogens is 926 g/mol. The number of amidine groups is 1.